The highest BCUT2D eigenvalue weighted by atomic mass is 35.5. The van der Waals surface area contributed by atoms with Crippen molar-refractivity contribution in [1.82, 2.24) is 0 Å². The Kier molecular flexibility index (Phi) is 3.01. The Balaban J connectivity index is 0.000000845. The first-order valence-electron chi connectivity index (χ1n) is 3.87. The van der Waals surface area contributed by atoms with Crippen molar-refractivity contribution in [3.8, 4) is 11.5 Å². The number of fused-ring (bicyclic) bond motifs is 1. The van der Waals surface area contributed by atoms with Crippen LogP contribution in [0.2, 0.25) is 0 Å². The zero-order valence-electron chi connectivity index (χ0n) is 7.32. The molecule has 1 aliphatic heterocycles. The molecule has 0 aliphatic carbocycles. The van der Waals surface area contributed by atoms with Gasteiger partial charge in [-0.25, -0.2) is 0 Å². The van der Waals surface area contributed by atoms with E-state index < -0.39 is 0 Å². The summed E-state index contributed by atoms with van der Waals surface area (Å²) in [5.41, 5.74) is 6.84. The minimum atomic E-state index is 0. The second-order valence-corrected chi connectivity index (χ2v) is 2.82. The molecule has 72 valence electrons. The van der Waals surface area contributed by atoms with Gasteiger partial charge in [-0.3, -0.25) is 0 Å². The van der Waals surface area contributed by atoms with Gasteiger partial charge >= 0.3 is 0 Å². The number of hydrogen-bond acceptors (Lipinski definition) is 3. The number of hydrogen-bond donors (Lipinski definition) is 1. The van der Waals surface area contributed by atoms with Crippen LogP contribution in [0.15, 0.2) is 18.2 Å². The van der Waals surface area contributed by atoms with Crippen LogP contribution < -0.4 is 15.2 Å². The van der Waals surface area contributed by atoms with Crippen LogP contribution in [0.5, 0.6) is 11.5 Å². The van der Waals surface area contributed by atoms with Crippen LogP contribution in [0.25, 0.3) is 0 Å². The van der Waals surface area contributed by atoms with Crippen molar-refractivity contribution < 1.29 is 9.47 Å². The topological polar surface area (TPSA) is 44.5 Å². The number of methoxy groups -OCH3 is 1. The SMILES string of the molecule is COc1ccc2c(c1)OCC2N.Cl. The van der Waals surface area contributed by atoms with Crippen LogP contribution in [0.4, 0.5) is 0 Å². The molecule has 2 rings (SSSR count). The average molecular weight is 202 g/mol. The number of halogens is 1. The molecule has 2 N–H and O–H groups in total. The van der Waals surface area contributed by atoms with Crippen molar-refractivity contribution in [3.63, 3.8) is 0 Å². The van der Waals surface area contributed by atoms with Gasteiger partial charge in [0.2, 0.25) is 0 Å². The van der Waals surface area contributed by atoms with Crippen molar-refractivity contribution in [1.29, 1.82) is 0 Å². The van der Waals surface area contributed by atoms with E-state index in [1.807, 2.05) is 18.2 Å². The van der Waals surface area contributed by atoms with E-state index in [-0.39, 0.29) is 18.4 Å². The standard InChI is InChI=1S/C9H11NO2.ClH/c1-11-6-2-3-7-8(10)5-12-9(7)4-6;/h2-4,8H,5,10H2,1H3;1H. The molecule has 1 unspecified atom stereocenters. The monoisotopic (exact) mass is 201 g/mol. The van der Waals surface area contributed by atoms with E-state index in [4.69, 9.17) is 15.2 Å². The average Bonchev–Trinajstić information content (AvgIpc) is 2.47. The molecule has 0 saturated carbocycles. The van der Waals surface area contributed by atoms with Crippen molar-refractivity contribution in [3.05, 3.63) is 23.8 Å². The molecule has 0 spiro atoms. The maximum atomic E-state index is 5.77. The maximum Gasteiger partial charge on any atom is 0.127 e. The van der Waals surface area contributed by atoms with Gasteiger partial charge in [0.1, 0.15) is 18.1 Å². The first-order chi connectivity index (χ1) is 5.81. The molecular weight excluding hydrogens is 190 g/mol. The zero-order chi connectivity index (χ0) is 8.55. The van der Waals surface area contributed by atoms with E-state index >= 15 is 0 Å². The number of ether oxygens (including phenoxy) is 2. The van der Waals surface area contributed by atoms with Crippen LogP contribution in [-0.2, 0) is 0 Å². The lowest BCUT2D eigenvalue weighted by Gasteiger charge is -2.02. The molecule has 1 aromatic carbocycles. The van der Waals surface area contributed by atoms with Gasteiger partial charge in [0.15, 0.2) is 0 Å². The molecule has 4 heteroatoms. The van der Waals surface area contributed by atoms with Gasteiger partial charge in [0.25, 0.3) is 0 Å². The second-order valence-electron chi connectivity index (χ2n) is 2.82. The minimum absolute atomic E-state index is 0. The summed E-state index contributed by atoms with van der Waals surface area (Å²) in [6, 6.07) is 5.73. The zero-order valence-corrected chi connectivity index (χ0v) is 8.14. The first-order valence-corrected chi connectivity index (χ1v) is 3.87. The number of rotatable bonds is 1. The molecule has 0 bridgehead atoms. The summed E-state index contributed by atoms with van der Waals surface area (Å²) in [5, 5.41) is 0. The number of benzene rings is 1. The van der Waals surface area contributed by atoms with Crippen LogP contribution in [0, 0.1) is 0 Å². The molecular formula is C9H12ClNO2. The van der Waals surface area contributed by atoms with Gasteiger partial charge in [-0.05, 0) is 12.1 Å². The molecule has 0 fully saturated rings. The second kappa shape index (κ2) is 3.85. The molecule has 1 aliphatic rings. The fraction of sp³-hybridized carbons (Fsp3) is 0.333. The van der Waals surface area contributed by atoms with Crippen LogP contribution >= 0.6 is 12.4 Å². The number of nitrogens with two attached hydrogens (primary N) is 1. The Bertz CT molecular complexity index is 304. The van der Waals surface area contributed by atoms with Gasteiger partial charge in [-0.2, -0.15) is 0 Å². The summed E-state index contributed by atoms with van der Waals surface area (Å²) in [7, 11) is 1.64. The molecule has 0 saturated heterocycles. The van der Waals surface area contributed by atoms with Gasteiger partial charge in [-0.15, -0.1) is 12.4 Å². The van der Waals surface area contributed by atoms with Crippen molar-refractivity contribution in [2.24, 2.45) is 5.73 Å². The molecule has 0 amide bonds. The van der Waals surface area contributed by atoms with Gasteiger partial charge < -0.3 is 15.2 Å². The van der Waals surface area contributed by atoms with E-state index in [1.165, 1.54) is 0 Å². The summed E-state index contributed by atoms with van der Waals surface area (Å²) in [4.78, 5) is 0. The lowest BCUT2D eigenvalue weighted by Crippen LogP contribution is -2.10. The Morgan fingerprint density at radius 2 is 2.31 bits per heavy atom. The Hall–Kier alpha value is -0.930. The first kappa shape index (κ1) is 10.2. The highest BCUT2D eigenvalue weighted by molar-refractivity contribution is 5.85. The third-order valence-electron chi connectivity index (χ3n) is 2.04. The maximum absolute atomic E-state index is 5.77. The van der Waals surface area contributed by atoms with Crippen LogP contribution in [0.1, 0.15) is 11.6 Å². The van der Waals surface area contributed by atoms with Crippen molar-refractivity contribution in [2.75, 3.05) is 13.7 Å². The molecule has 3 nitrogen and oxygen atoms in total. The van der Waals surface area contributed by atoms with E-state index in [0.717, 1.165) is 17.1 Å². The fourth-order valence-corrected chi connectivity index (χ4v) is 1.34. The predicted molar refractivity (Wildman–Crippen MR) is 52.7 cm³/mol. The largest absolute Gasteiger partial charge is 0.497 e. The van der Waals surface area contributed by atoms with E-state index in [0.29, 0.717) is 6.61 Å². The molecule has 1 atom stereocenters. The molecule has 13 heavy (non-hydrogen) atoms. The Labute approximate surface area is 83.2 Å². The quantitative estimate of drug-likeness (QED) is 0.749. The van der Waals surface area contributed by atoms with Gasteiger partial charge in [-0.1, -0.05) is 0 Å². The summed E-state index contributed by atoms with van der Waals surface area (Å²) in [6.45, 7) is 0.572. The van der Waals surface area contributed by atoms with E-state index in [2.05, 4.69) is 0 Å². The van der Waals surface area contributed by atoms with Crippen LogP contribution in [0.3, 0.4) is 0 Å². The van der Waals surface area contributed by atoms with E-state index in [9.17, 15) is 0 Å². The lowest BCUT2D eigenvalue weighted by molar-refractivity contribution is 0.331. The normalized spacial score (nSPS) is 18.5. The molecule has 0 aromatic heterocycles. The third kappa shape index (κ3) is 1.71. The summed E-state index contributed by atoms with van der Waals surface area (Å²) >= 11 is 0. The fourth-order valence-electron chi connectivity index (χ4n) is 1.34. The highest BCUT2D eigenvalue weighted by Crippen LogP contribution is 2.33. The van der Waals surface area contributed by atoms with Crippen molar-refractivity contribution >= 4 is 12.4 Å². The summed E-state index contributed by atoms with van der Waals surface area (Å²) in [5.74, 6) is 1.66. The minimum Gasteiger partial charge on any atom is -0.497 e. The Morgan fingerprint density at radius 1 is 1.54 bits per heavy atom. The van der Waals surface area contributed by atoms with Crippen LogP contribution in [-0.4, -0.2) is 13.7 Å². The Morgan fingerprint density at radius 3 is 3.00 bits per heavy atom. The molecule has 1 heterocycles. The van der Waals surface area contributed by atoms with Crippen molar-refractivity contribution in [2.45, 2.75) is 6.04 Å². The summed E-state index contributed by atoms with van der Waals surface area (Å²) < 4.78 is 10.4. The molecule has 0 radical (unpaired) electrons. The summed E-state index contributed by atoms with van der Waals surface area (Å²) in [6.07, 6.45) is 0. The smallest absolute Gasteiger partial charge is 0.127 e. The lowest BCUT2D eigenvalue weighted by atomic mass is 10.1. The van der Waals surface area contributed by atoms with E-state index in [1.54, 1.807) is 7.11 Å². The predicted octanol–water partition coefficient (Wildman–Crippen LogP) is 1.51. The third-order valence-corrected chi connectivity index (χ3v) is 2.04. The molecule has 1 aromatic rings. The van der Waals surface area contributed by atoms with Gasteiger partial charge in [0.05, 0.1) is 13.2 Å². The van der Waals surface area contributed by atoms with Gasteiger partial charge in [0, 0.05) is 11.6 Å². The highest BCUT2D eigenvalue weighted by Gasteiger charge is 2.20.